The van der Waals surface area contributed by atoms with Crippen LogP contribution in [-0.4, -0.2) is 56.6 Å². The van der Waals surface area contributed by atoms with Crippen LogP contribution in [0.2, 0.25) is 0 Å². The van der Waals surface area contributed by atoms with Gasteiger partial charge >= 0.3 is 0 Å². The lowest BCUT2D eigenvalue weighted by molar-refractivity contribution is -0.122. The predicted molar refractivity (Wildman–Crippen MR) is 136 cm³/mol. The number of amidine groups is 1. The highest BCUT2D eigenvalue weighted by atomic mass is 79.9. The molecule has 7 nitrogen and oxygen atoms in total. The van der Waals surface area contributed by atoms with E-state index >= 15 is 0 Å². The molecule has 0 spiro atoms. The van der Waals surface area contributed by atoms with Crippen LogP contribution in [0.1, 0.15) is 19.4 Å². The molecule has 33 heavy (non-hydrogen) atoms. The van der Waals surface area contributed by atoms with Crippen LogP contribution in [0.5, 0.6) is 17.2 Å². The molecule has 1 amide bonds. The van der Waals surface area contributed by atoms with Crippen molar-refractivity contribution in [1.29, 1.82) is 0 Å². The lowest BCUT2D eigenvalue weighted by Gasteiger charge is -2.15. The molecule has 0 bridgehead atoms. The van der Waals surface area contributed by atoms with E-state index in [-0.39, 0.29) is 5.91 Å². The van der Waals surface area contributed by atoms with Crippen molar-refractivity contribution in [1.82, 2.24) is 4.90 Å². The third-order valence-electron chi connectivity index (χ3n) is 4.65. The normalized spacial score (nSPS) is 16.0. The minimum atomic E-state index is -0.128. The van der Waals surface area contributed by atoms with Crippen molar-refractivity contribution in [2.45, 2.75) is 13.8 Å². The van der Waals surface area contributed by atoms with Gasteiger partial charge < -0.3 is 18.9 Å². The van der Waals surface area contributed by atoms with Crippen molar-refractivity contribution >= 4 is 50.5 Å². The van der Waals surface area contributed by atoms with Crippen LogP contribution in [0, 0.1) is 0 Å². The minimum Gasteiger partial charge on any atom is -0.497 e. The molecule has 2 aromatic carbocycles. The van der Waals surface area contributed by atoms with E-state index in [2.05, 4.69) is 15.9 Å². The first-order chi connectivity index (χ1) is 16.0. The number of benzene rings is 2. The monoisotopic (exact) mass is 534 g/mol. The van der Waals surface area contributed by atoms with Gasteiger partial charge in [-0.1, -0.05) is 0 Å². The first kappa shape index (κ1) is 25.1. The van der Waals surface area contributed by atoms with Crippen LogP contribution in [0.15, 0.2) is 50.8 Å². The average Bonchev–Trinajstić information content (AvgIpc) is 3.09. The zero-order valence-corrected chi connectivity index (χ0v) is 21.5. The molecule has 0 aliphatic carbocycles. The first-order valence-corrected chi connectivity index (χ1v) is 12.1. The summed E-state index contributed by atoms with van der Waals surface area (Å²) >= 11 is 4.87. The Labute approximate surface area is 206 Å². The number of thioether (sulfide) groups is 1. The summed E-state index contributed by atoms with van der Waals surface area (Å²) in [6.45, 7) is 5.68. The highest BCUT2D eigenvalue weighted by molar-refractivity contribution is 9.10. The topological polar surface area (TPSA) is 69.6 Å². The second-order valence-electron chi connectivity index (χ2n) is 6.84. The Morgan fingerprint density at radius 1 is 1.06 bits per heavy atom. The minimum absolute atomic E-state index is 0.128. The lowest BCUT2D eigenvalue weighted by atomic mass is 10.1. The van der Waals surface area contributed by atoms with Gasteiger partial charge in [0, 0.05) is 18.7 Å². The Morgan fingerprint density at radius 2 is 1.76 bits per heavy atom. The van der Waals surface area contributed by atoms with Gasteiger partial charge in [-0.25, -0.2) is 4.99 Å². The van der Waals surface area contributed by atoms with Crippen molar-refractivity contribution in [3.8, 4) is 17.2 Å². The first-order valence-electron chi connectivity index (χ1n) is 10.5. The van der Waals surface area contributed by atoms with Crippen LogP contribution in [0.4, 0.5) is 5.69 Å². The van der Waals surface area contributed by atoms with Crippen molar-refractivity contribution in [2.75, 3.05) is 40.6 Å². The van der Waals surface area contributed by atoms with Crippen LogP contribution in [-0.2, 0) is 9.53 Å². The van der Waals surface area contributed by atoms with Gasteiger partial charge in [-0.15, -0.1) is 0 Å². The van der Waals surface area contributed by atoms with E-state index in [1.165, 1.54) is 11.8 Å². The van der Waals surface area contributed by atoms with Gasteiger partial charge in [0.25, 0.3) is 5.91 Å². The summed E-state index contributed by atoms with van der Waals surface area (Å²) in [6.07, 6.45) is 1.83. The van der Waals surface area contributed by atoms with Gasteiger partial charge in [0.1, 0.15) is 17.2 Å². The number of ether oxygens (including phenoxy) is 4. The average molecular weight is 535 g/mol. The van der Waals surface area contributed by atoms with Crippen LogP contribution in [0.3, 0.4) is 0 Å². The number of amides is 1. The van der Waals surface area contributed by atoms with E-state index in [0.717, 1.165) is 21.5 Å². The zero-order valence-electron chi connectivity index (χ0n) is 19.1. The second kappa shape index (κ2) is 12.1. The molecule has 0 radical (unpaired) electrons. The van der Waals surface area contributed by atoms with E-state index in [1.807, 2.05) is 56.3 Å². The Balaban J connectivity index is 1.98. The largest absolute Gasteiger partial charge is 0.497 e. The van der Waals surface area contributed by atoms with E-state index in [9.17, 15) is 4.79 Å². The smallest absolute Gasteiger partial charge is 0.266 e. The number of hydrogen-bond donors (Lipinski definition) is 0. The Morgan fingerprint density at radius 3 is 2.39 bits per heavy atom. The highest BCUT2D eigenvalue weighted by Crippen LogP contribution is 2.39. The van der Waals surface area contributed by atoms with E-state index < -0.39 is 0 Å². The molecule has 1 aliphatic rings. The molecule has 1 heterocycles. The number of aliphatic imine (C=N–C) groups is 1. The van der Waals surface area contributed by atoms with Gasteiger partial charge in [0.15, 0.2) is 5.17 Å². The molecule has 0 saturated carbocycles. The van der Waals surface area contributed by atoms with Gasteiger partial charge in [0.05, 0.1) is 48.5 Å². The molecule has 2 aromatic rings. The van der Waals surface area contributed by atoms with Crippen LogP contribution < -0.4 is 14.2 Å². The van der Waals surface area contributed by atoms with Crippen LogP contribution in [0.25, 0.3) is 6.08 Å². The highest BCUT2D eigenvalue weighted by Gasteiger charge is 2.33. The van der Waals surface area contributed by atoms with Gasteiger partial charge in [-0.3, -0.25) is 9.69 Å². The van der Waals surface area contributed by atoms with Gasteiger partial charge in [-0.2, -0.15) is 0 Å². The molecule has 0 aromatic heterocycles. The molecule has 176 valence electrons. The zero-order chi connectivity index (χ0) is 23.8. The Hall–Kier alpha value is -2.49. The fourth-order valence-electron chi connectivity index (χ4n) is 3.09. The van der Waals surface area contributed by atoms with Gasteiger partial charge in [-0.05, 0) is 77.9 Å². The summed E-state index contributed by atoms with van der Waals surface area (Å²) in [7, 11) is 3.22. The van der Waals surface area contributed by atoms with Crippen LogP contribution >= 0.6 is 27.7 Å². The Bertz CT molecular complexity index is 1040. The number of carbonyl (C=O) groups is 1. The lowest BCUT2D eigenvalue weighted by Crippen LogP contribution is -2.32. The molecule has 0 atom stereocenters. The third kappa shape index (κ3) is 6.31. The maximum atomic E-state index is 13.2. The van der Waals surface area contributed by atoms with Crippen molar-refractivity contribution in [2.24, 2.45) is 4.99 Å². The fourth-order valence-corrected chi connectivity index (χ4v) is 4.58. The summed E-state index contributed by atoms with van der Waals surface area (Å²) in [4.78, 5) is 20.1. The molecule has 1 fully saturated rings. The van der Waals surface area contributed by atoms with Crippen molar-refractivity contribution in [3.05, 3.63) is 51.3 Å². The molecular formula is C24H27BrN2O5S. The molecule has 3 rings (SSSR count). The predicted octanol–water partition coefficient (Wildman–Crippen LogP) is 5.51. The maximum Gasteiger partial charge on any atom is 0.266 e. The number of carbonyl (C=O) groups excluding carboxylic acids is 1. The quantitative estimate of drug-likeness (QED) is 0.374. The summed E-state index contributed by atoms with van der Waals surface area (Å²) in [5.74, 6) is 1.96. The third-order valence-corrected chi connectivity index (χ3v) is 6.28. The van der Waals surface area contributed by atoms with E-state index in [4.69, 9.17) is 23.9 Å². The Kier molecular flexibility index (Phi) is 9.22. The van der Waals surface area contributed by atoms with E-state index in [1.54, 1.807) is 19.1 Å². The van der Waals surface area contributed by atoms with Gasteiger partial charge in [0.2, 0.25) is 0 Å². The van der Waals surface area contributed by atoms with E-state index in [0.29, 0.717) is 47.9 Å². The number of nitrogens with zero attached hydrogens (tertiary/aromatic N) is 2. The maximum absolute atomic E-state index is 13.2. The molecule has 1 aliphatic heterocycles. The van der Waals surface area contributed by atoms with Crippen molar-refractivity contribution in [3.63, 3.8) is 0 Å². The number of methoxy groups -OCH3 is 2. The SMILES string of the molecule is CCOc1cc(OCC)c(/C=C2\SC(=Nc3ccc(OC)cc3)N(CCOC)C2=O)cc1Br. The number of rotatable bonds is 10. The molecular weight excluding hydrogens is 508 g/mol. The summed E-state index contributed by atoms with van der Waals surface area (Å²) in [5, 5.41) is 0.594. The summed E-state index contributed by atoms with van der Waals surface area (Å²) < 4.78 is 22.7. The molecule has 1 saturated heterocycles. The summed E-state index contributed by atoms with van der Waals surface area (Å²) in [6, 6.07) is 11.1. The number of halogens is 1. The number of hydrogen-bond acceptors (Lipinski definition) is 7. The molecule has 9 heteroatoms. The molecule has 0 unspecified atom stereocenters. The summed E-state index contributed by atoms with van der Waals surface area (Å²) in [5.41, 5.74) is 1.51. The molecule has 0 N–H and O–H groups in total. The standard InChI is InChI=1S/C24H27BrN2O5S/c1-5-31-20-15-21(32-6-2)19(25)13-16(20)14-22-23(28)27(11-12-29-3)24(33-22)26-17-7-9-18(30-4)10-8-17/h7-10,13-15H,5-6,11-12H2,1-4H3/b22-14-,26-24?. The van der Waals surface area contributed by atoms with Crippen molar-refractivity contribution < 1.29 is 23.7 Å². The second-order valence-corrected chi connectivity index (χ2v) is 8.70. The fraction of sp³-hybridized carbons (Fsp3) is 0.333.